The Balaban J connectivity index is 1.45. The van der Waals surface area contributed by atoms with Crippen LogP contribution >= 0.6 is 0 Å². The molecule has 35 heavy (non-hydrogen) atoms. The molecule has 2 aromatic carbocycles. The van der Waals surface area contributed by atoms with Crippen LogP contribution in [0.3, 0.4) is 0 Å². The van der Waals surface area contributed by atoms with Gasteiger partial charge in [0, 0.05) is 37.0 Å². The maximum absolute atomic E-state index is 14.8. The number of rotatable bonds is 8. The van der Waals surface area contributed by atoms with Gasteiger partial charge in [0.15, 0.2) is 11.6 Å². The number of halogens is 2. The Bertz CT molecular complexity index is 1400. The highest BCUT2D eigenvalue weighted by Gasteiger charge is 2.23. The fourth-order valence-electron chi connectivity index (χ4n) is 4.15. The number of carbonyl (C=O) groups excluding carboxylic acids is 1. The van der Waals surface area contributed by atoms with E-state index in [1.807, 2.05) is 0 Å². The van der Waals surface area contributed by atoms with Crippen LogP contribution in [0.25, 0.3) is 10.9 Å². The van der Waals surface area contributed by atoms with Crippen LogP contribution < -0.4 is 10.1 Å². The third-order valence-corrected chi connectivity index (χ3v) is 6.28. The number of fused-ring (bicyclic) bond motifs is 1. The summed E-state index contributed by atoms with van der Waals surface area (Å²) in [5.74, 6) is -0.179. The van der Waals surface area contributed by atoms with E-state index < -0.39 is 23.6 Å². The molecule has 1 atom stereocenters. The zero-order valence-electron chi connectivity index (χ0n) is 19.5. The topological polar surface area (TPSA) is 81.9 Å². The van der Waals surface area contributed by atoms with Gasteiger partial charge in [-0.25, -0.2) is 18.7 Å². The summed E-state index contributed by atoms with van der Waals surface area (Å²) >= 11 is 0. The lowest BCUT2D eigenvalue weighted by Crippen LogP contribution is -2.29. The van der Waals surface area contributed by atoms with Gasteiger partial charge in [0.1, 0.15) is 11.6 Å². The monoisotopic (exact) mass is 477 g/mol. The van der Waals surface area contributed by atoms with Gasteiger partial charge in [0.05, 0.1) is 30.3 Å². The van der Waals surface area contributed by atoms with Gasteiger partial charge in [-0.05, 0) is 42.2 Å². The first kappa shape index (κ1) is 22.9. The highest BCUT2D eigenvalue weighted by molar-refractivity contribution is 5.98. The van der Waals surface area contributed by atoms with Gasteiger partial charge in [-0.2, -0.15) is 5.10 Å². The number of nitrogens with one attached hydrogen (secondary N) is 1. The van der Waals surface area contributed by atoms with Crippen molar-refractivity contribution in [1.82, 2.24) is 25.1 Å². The number of ether oxygens (including phenoxy) is 1. The van der Waals surface area contributed by atoms with E-state index in [-0.39, 0.29) is 16.7 Å². The molecule has 1 fully saturated rings. The molecule has 5 rings (SSSR count). The van der Waals surface area contributed by atoms with Gasteiger partial charge in [0.25, 0.3) is 5.91 Å². The average molecular weight is 478 g/mol. The second kappa shape index (κ2) is 9.40. The molecule has 0 bridgehead atoms. The standard InChI is InChI=1S/C26H25F2N5O2/c1-33-14-18(12-30-33)25(16-6-7-23(35-2)21(28)9-16)32-26(34)17-10-20(27)19-13-29-24(31-22(19)11-17)8-5-15-3-4-15/h6-7,9-15,25H,3-5,8H2,1-2H3,(H,32,34)/t25-/m0/s1. The van der Waals surface area contributed by atoms with Crippen LogP contribution in [0.1, 0.15) is 52.6 Å². The average Bonchev–Trinajstić information content (AvgIpc) is 3.59. The zero-order valence-corrected chi connectivity index (χ0v) is 19.5. The first-order valence-electron chi connectivity index (χ1n) is 11.5. The van der Waals surface area contributed by atoms with Gasteiger partial charge in [0.2, 0.25) is 0 Å². The van der Waals surface area contributed by atoms with E-state index in [9.17, 15) is 13.6 Å². The number of hydrogen-bond donors (Lipinski definition) is 1. The van der Waals surface area contributed by atoms with Crippen molar-refractivity contribution in [3.63, 3.8) is 0 Å². The van der Waals surface area contributed by atoms with Crippen molar-refractivity contribution in [1.29, 1.82) is 0 Å². The van der Waals surface area contributed by atoms with E-state index in [1.54, 1.807) is 36.3 Å². The molecule has 4 aromatic rings. The second-order valence-corrected chi connectivity index (χ2v) is 8.91. The minimum Gasteiger partial charge on any atom is -0.494 e. The quantitative estimate of drug-likeness (QED) is 0.404. The Labute approximate surface area is 201 Å². The lowest BCUT2D eigenvalue weighted by atomic mass is 10.00. The molecule has 0 aliphatic heterocycles. The largest absolute Gasteiger partial charge is 0.494 e. The third-order valence-electron chi connectivity index (χ3n) is 6.28. The number of methoxy groups -OCH3 is 1. The zero-order chi connectivity index (χ0) is 24.5. The molecule has 1 aliphatic carbocycles. The maximum Gasteiger partial charge on any atom is 0.252 e. The summed E-state index contributed by atoms with van der Waals surface area (Å²) in [5, 5.41) is 7.32. The van der Waals surface area contributed by atoms with Crippen molar-refractivity contribution in [2.75, 3.05) is 7.11 Å². The van der Waals surface area contributed by atoms with Crippen molar-refractivity contribution < 1.29 is 18.3 Å². The molecule has 7 nitrogen and oxygen atoms in total. The van der Waals surface area contributed by atoms with Crippen LogP contribution in [0.4, 0.5) is 8.78 Å². The molecule has 1 amide bonds. The lowest BCUT2D eigenvalue weighted by molar-refractivity contribution is 0.0942. The van der Waals surface area contributed by atoms with Gasteiger partial charge in [-0.15, -0.1) is 0 Å². The molecular formula is C26H25F2N5O2. The molecular weight excluding hydrogens is 452 g/mol. The second-order valence-electron chi connectivity index (χ2n) is 8.91. The van der Waals surface area contributed by atoms with Crippen LogP contribution in [-0.4, -0.2) is 32.8 Å². The SMILES string of the molecule is COc1ccc([C@H](NC(=O)c2cc(F)c3cnc(CCC4CC4)nc3c2)c2cnn(C)c2)cc1F. The van der Waals surface area contributed by atoms with E-state index in [0.717, 1.165) is 18.8 Å². The Morgan fingerprint density at radius 1 is 1.17 bits per heavy atom. The fraction of sp³-hybridized carbons (Fsp3) is 0.308. The Morgan fingerprint density at radius 3 is 2.69 bits per heavy atom. The molecule has 2 aromatic heterocycles. The van der Waals surface area contributed by atoms with E-state index in [0.29, 0.717) is 22.5 Å². The predicted octanol–water partition coefficient (Wildman–Crippen LogP) is 4.51. The third kappa shape index (κ3) is 4.99. The molecule has 0 radical (unpaired) electrons. The molecule has 1 N–H and O–H groups in total. The minimum atomic E-state index is -0.713. The van der Waals surface area contributed by atoms with E-state index in [1.165, 1.54) is 44.3 Å². The highest BCUT2D eigenvalue weighted by atomic mass is 19.1. The van der Waals surface area contributed by atoms with Crippen LogP contribution in [0.5, 0.6) is 5.75 Å². The van der Waals surface area contributed by atoms with Gasteiger partial charge < -0.3 is 10.1 Å². The van der Waals surface area contributed by atoms with Crippen molar-refractivity contribution in [2.45, 2.75) is 31.7 Å². The molecule has 0 unspecified atom stereocenters. The molecule has 0 spiro atoms. The molecule has 1 saturated carbocycles. The minimum absolute atomic E-state index is 0.0961. The number of hydrogen-bond acceptors (Lipinski definition) is 5. The molecule has 0 saturated heterocycles. The first-order valence-corrected chi connectivity index (χ1v) is 11.5. The number of aromatic nitrogens is 4. The number of carbonyl (C=O) groups is 1. The number of benzene rings is 2. The number of nitrogens with zero attached hydrogens (tertiary/aromatic N) is 4. The normalized spacial score (nSPS) is 14.2. The highest BCUT2D eigenvalue weighted by Crippen LogP contribution is 2.33. The number of aryl methyl sites for hydroxylation is 2. The number of amides is 1. The first-order chi connectivity index (χ1) is 16.9. The summed E-state index contributed by atoms with van der Waals surface area (Å²) in [4.78, 5) is 22.0. The van der Waals surface area contributed by atoms with E-state index >= 15 is 0 Å². The van der Waals surface area contributed by atoms with Gasteiger partial charge in [-0.3, -0.25) is 9.48 Å². The predicted molar refractivity (Wildman–Crippen MR) is 126 cm³/mol. The summed E-state index contributed by atoms with van der Waals surface area (Å²) in [6, 6.07) is 6.48. The Hall–Kier alpha value is -3.88. The van der Waals surface area contributed by atoms with Gasteiger partial charge >= 0.3 is 0 Å². The van der Waals surface area contributed by atoms with Crippen molar-refractivity contribution in [3.8, 4) is 5.75 Å². The lowest BCUT2D eigenvalue weighted by Gasteiger charge is -2.19. The van der Waals surface area contributed by atoms with Crippen molar-refractivity contribution in [2.24, 2.45) is 13.0 Å². The Kier molecular flexibility index (Phi) is 6.15. The molecule has 9 heteroatoms. The fourth-order valence-corrected chi connectivity index (χ4v) is 4.15. The van der Waals surface area contributed by atoms with E-state index in [4.69, 9.17) is 4.74 Å². The summed E-state index contributed by atoms with van der Waals surface area (Å²) < 4.78 is 35.9. The molecule has 180 valence electrons. The summed E-state index contributed by atoms with van der Waals surface area (Å²) in [7, 11) is 3.13. The van der Waals surface area contributed by atoms with Crippen LogP contribution in [0, 0.1) is 17.6 Å². The summed E-state index contributed by atoms with van der Waals surface area (Å²) in [6.45, 7) is 0. The van der Waals surface area contributed by atoms with Crippen LogP contribution in [-0.2, 0) is 13.5 Å². The van der Waals surface area contributed by atoms with Crippen LogP contribution in [0.2, 0.25) is 0 Å². The van der Waals surface area contributed by atoms with E-state index in [2.05, 4.69) is 20.4 Å². The maximum atomic E-state index is 14.8. The van der Waals surface area contributed by atoms with Crippen LogP contribution in [0.15, 0.2) is 48.9 Å². The summed E-state index contributed by atoms with van der Waals surface area (Å²) in [5.41, 5.74) is 1.64. The Morgan fingerprint density at radius 2 is 2.00 bits per heavy atom. The smallest absolute Gasteiger partial charge is 0.252 e. The molecule has 1 aliphatic rings. The molecule has 2 heterocycles. The van der Waals surface area contributed by atoms with Crippen molar-refractivity contribution in [3.05, 3.63) is 83.1 Å². The van der Waals surface area contributed by atoms with Crippen molar-refractivity contribution >= 4 is 16.8 Å². The van der Waals surface area contributed by atoms with Gasteiger partial charge in [-0.1, -0.05) is 18.9 Å². The summed E-state index contributed by atoms with van der Waals surface area (Å²) in [6.07, 6.45) is 9.01.